The van der Waals surface area contributed by atoms with Crippen LogP contribution in [0.25, 0.3) is 6.08 Å². The molecule has 2 aromatic rings. The molecule has 0 bridgehead atoms. The highest BCUT2D eigenvalue weighted by molar-refractivity contribution is 6.30. The van der Waals surface area contributed by atoms with E-state index in [-0.39, 0.29) is 23.7 Å². The van der Waals surface area contributed by atoms with Crippen LogP contribution >= 0.6 is 11.6 Å². The molecular formula is C22H24ClN3O3. The Balaban J connectivity index is 1.60. The first kappa shape index (κ1) is 21.0. The summed E-state index contributed by atoms with van der Waals surface area (Å²) < 4.78 is 0. The van der Waals surface area contributed by atoms with Crippen LogP contribution in [-0.4, -0.2) is 45.8 Å². The Kier molecular flexibility index (Phi) is 6.67. The van der Waals surface area contributed by atoms with Crippen molar-refractivity contribution in [1.82, 2.24) is 9.80 Å². The van der Waals surface area contributed by atoms with Gasteiger partial charge in [-0.25, -0.2) is 0 Å². The maximum atomic E-state index is 12.7. The summed E-state index contributed by atoms with van der Waals surface area (Å²) in [5.41, 5.74) is 1.99. The van der Waals surface area contributed by atoms with Gasteiger partial charge in [0.25, 0.3) is 5.69 Å². The number of carbonyl (C=O) groups is 1. The highest BCUT2D eigenvalue weighted by Gasteiger charge is 2.30. The average Bonchev–Trinajstić information content (AvgIpc) is 2.70. The van der Waals surface area contributed by atoms with E-state index in [9.17, 15) is 14.9 Å². The van der Waals surface area contributed by atoms with Gasteiger partial charge in [0.1, 0.15) is 0 Å². The Morgan fingerprint density at radius 1 is 1.10 bits per heavy atom. The van der Waals surface area contributed by atoms with Crippen molar-refractivity contribution in [1.29, 1.82) is 0 Å². The predicted octanol–water partition coefficient (Wildman–Crippen LogP) is 4.38. The summed E-state index contributed by atoms with van der Waals surface area (Å²) in [6.45, 7) is 6.45. The summed E-state index contributed by atoms with van der Waals surface area (Å²) in [7, 11) is 0. The highest BCUT2D eigenvalue weighted by atomic mass is 35.5. The molecule has 3 rings (SSSR count). The van der Waals surface area contributed by atoms with Gasteiger partial charge < -0.3 is 4.90 Å². The van der Waals surface area contributed by atoms with Crippen LogP contribution in [0.3, 0.4) is 0 Å². The molecule has 0 unspecified atom stereocenters. The van der Waals surface area contributed by atoms with Crippen LogP contribution in [-0.2, 0) is 11.3 Å². The first-order chi connectivity index (χ1) is 13.8. The molecule has 0 aliphatic carbocycles. The van der Waals surface area contributed by atoms with Crippen LogP contribution in [0.15, 0.2) is 54.6 Å². The summed E-state index contributed by atoms with van der Waals surface area (Å²) >= 11 is 5.96. The van der Waals surface area contributed by atoms with E-state index in [1.165, 1.54) is 17.7 Å². The summed E-state index contributed by atoms with van der Waals surface area (Å²) in [6.07, 6.45) is 3.24. The Labute approximate surface area is 175 Å². The van der Waals surface area contributed by atoms with E-state index in [1.54, 1.807) is 24.3 Å². The van der Waals surface area contributed by atoms with E-state index >= 15 is 0 Å². The highest BCUT2D eigenvalue weighted by Crippen LogP contribution is 2.20. The third-order valence-corrected chi connectivity index (χ3v) is 5.47. The molecule has 0 aromatic heterocycles. The summed E-state index contributed by atoms with van der Waals surface area (Å²) in [6, 6.07) is 14.3. The molecule has 1 aliphatic heterocycles. The zero-order chi connectivity index (χ0) is 21.0. The second-order valence-electron chi connectivity index (χ2n) is 7.43. The maximum Gasteiger partial charge on any atom is 0.269 e. The van der Waals surface area contributed by atoms with Crippen LogP contribution in [0.1, 0.15) is 25.0 Å². The lowest BCUT2D eigenvalue weighted by Crippen LogP contribution is -2.57. The van der Waals surface area contributed by atoms with Crippen molar-refractivity contribution < 1.29 is 9.72 Å². The van der Waals surface area contributed by atoms with E-state index in [0.29, 0.717) is 6.54 Å². The molecule has 0 N–H and O–H groups in total. The van der Waals surface area contributed by atoms with Crippen molar-refractivity contribution >= 4 is 29.3 Å². The summed E-state index contributed by atoms with van der Waals surface area (Å²) in [5, 5.41) is 11.5. The topological polar surface area (TPSA) is 66.7 Å². The minimum Gasteiger partial charge on any atom is -0.334 e. The zero-order valence-electron chi connectivity index (χ0n) is 16.5. The SMILES string of the molecule is C[C@@H]1CN(Cc2ccc(Cl)cc2)[C@@H](C)CN1C(=O)/C=C/c1ccc([N+](=O)[O-])cc1. The molecule has 1 aliphatic rings. The molecule has 2 atom stereocenters. The lowest BCUT2D eigenvalue weighted by atomic mass is 10.1. The van der Waals surface area contributed by atoms with Crippen molar-refractivity contribution in [2.75, 3.05) is 13.1 Å². The molecule has 1 fully saturated rings. The van der Waals surface area contributed by atoms with Crippen molar-refractivity contribution in [2.24, 2.45) is 0 Å². The van der Waals surface area contributed by atoms with Crippen LogP contribution in [0.5, 0.6) is 0 Å². The van der Waals surface area contributed by atoms with Crippen molar-refractivity contribution in [3.05, 3.63) is 80.9 Å². The number of halogens is 1. The zero-order valence-corrected chi connectivity index (χ0v) is 17.2. The van der Waals surface area contributed by atoms with Gasteiger partial charge in [0, 0.05) is 54.9 Å². The molecule has 6 nitrogen and oxygen atoms in total. The van der Waals surface area contributed by atoms with Gasteiger partial charge in [-0.15, -0.1) is 0 Å². The van der Waals surface area contributed by atoms with Gasteiger partial charge in [0.05, 0.1) is 4.92 Å². The number of rotatable bonds is 5. The predicted molar refractivity (Wildman–Crippen MR) is 115 cm³/mol. The van der Waals surface area contributed by atoms with E-state index in [1.807, 2.05) is 29.2 Å². The standard InChI is InChI=1S/C22H24ClN3O3/c1-16-14-25(17(2)13-24(16)15-19-3-8-20(23)9-4-19)22(27)12-7-18-5-10-21(11-6-18)26(28)29/h3-12,16-17H,13-15H2,1-2H3/b12-7+/t16-,17+/m0/s1. The molecule has 152 valence electrons. The second kappa shape index (κ2) is 9.20. The minimum atomic E-state index is -0.439. The summed E-state index contributed by atoms with van der Waals surface area (Å²) in [5.74, 6) is -0.0474. The number of non-ortho nitro benzene ring substituents is 1. The molecule has 1 saturated heterocycles. The summed E-state index contributed by atoms with van der Waals surface area (Å²) in [4.78, 5) is 27.2. The molecule has 0 radical (unpaired) electrons. The Morgan fingerprint density at radius 3 is 2.38 bits per heavy atom. The maximum absolute atomic E-state index is 12.7. The second-order valence-corrected chi connectivity index (χ2v) is 7.86. The van der Waals surface area contributed by atoms with Crippen LogP contribution in [0.4, 0.5) is 5.69 Å². The average molecular weight is 414 g/mol. The van der Waals surface area contributed by atoms with Crippen LogP contribution < -0.4 is 0 Å². The number of nitrogens with zero attached hydrogens (tertiary/aromatic N) is 3. The number of nitro groups is 1. The molecular weight excluding hydrogens is 390 g/mol. The van der Waals surface area contributed by atoms with Gasteiger partial charge in [-0.05, 0) is 55.3 Å². The van der Waals surface area contributed by atoms with Gasteiger partial charge in [0.2, 0.25) is 5.91 Å². The Morgan fingerprint density at radius 2 is 1.76 bits per heavy atom. The fraction of sp³-hybridized carbons (Fsp3) is 0.318. The van der Waals surface area contributed by atoms with Crippen LogP contribution in [0.2, 0.25) is 5.02 Å². The fourth-order valence-corrected chi connectivity index (χ4v) is 3.65. The lowest BCUT2D eigenvalue weighted by molar-refractivity contribution is -0.384. The number of hydrogen-bond acceptors (Lipinski definition) is 4. The van der Waals surface area contributed by atoms with Gasteiger partial charge >= 0.3 is 0 Å². The van der Waals surface area contributed by atoms with E-state index in [2.05, 4.69) is 18.7 Å². The quantitative estimate of drug-likeness (QED) is 0.414. The molecule has 7 heteroatoms. The van der Waals surface area contributed by atoms with Crippen LogP contribution in [0, 0.1) is 10.1 Å². The number of hydrogen-bond donors (Lipinski definition) is 0. The van der Waals surface area contributed by atoms with E-state index in [0.717, 1.165) is 23.7 Å². The molecule has 1 amide bonds. The molecule has 2 aromatic carbocycles. The number of nitro benzene ring substituents is 1. The Bertz CT molecular complexity index is 897. The van der Waals surface area contributed by atoms with Gasteiger partial charge in [0.15, 0.2) is 0 Å². The van der Waals surface area contributed by atoms with E-state index < -0.39 is 4.92 Å². The molecule has 0 saturated carbocycles. The Hall–Kier alpha value is -2.70. The number of benzene rings is 2. The molecule has 29 heavy (non-hydrogen) atoms. The largest absolute Gasteiger partial charge is 0.334 e. The first-order valence-corrected chi connectivity index (χ1v) is 9.93. The smallest absolute Gasteiger partial charge is 0.269 e. The van der Waals surface area contributed by atoms with Crippen molar-refractivity contribution in [3.8, 4) is 0 Å². The third kappa shape index (κ3) is 5.43. The third-order valence-electron chi connectivity index (χ3n) is 5.22. The van der Waals surface area contributed by atoms with E-state index in [4.69, 9.17) is 11.6 Å². The number of amides is 1. The molecule has 1 heterocycles. The number of carbonyl (C=O) groups excluding carboxylic acids is 1. The number of piperazine rings is 1. The fourth-order valence-electron chi connectivity index (χ4n) is 3.52. The molecule has 0 spiro atoms. The minimum absolute atomic E-state index is 0.0349. The van der Waals surface area contributed by atoms with Gasteiger partial charge in [-0.3, -0.25) is 19.8 Å². The van der Waals surface area contributed by atoms with Crippen molar-refractivity contribution in [3.63, 3.8) is 0 Å². The van der Waals surface area contributed by atoms with Gasteiger partial charge in [-0.1, -0.05) is 23.7 Å². The van der Waals surface area contributed by atoms with Gasteiger partial charge in [-0.2, -0.15) is 0 Å². The normalized spacial score (nSPS) is 20.2. The lowest BCUT2D eigenvalue weighted by Gasteiger charge is -2.44. The first-order valence-electron chi connectivity index (χ1n) is 9.55. The monoisotopic (exact) mass is 413 g/mol. The van der Waals surface area contributed by atoms with Crippen molar-refractivity contribution in [2.45, 2.75) is 32.5 Å².